The third kappa shape index (κ3) is 1.90. The van der Waals surface area contributed by atoms with Crippen LogP contribution in [0.2, 0.25) is 0 Å². The van der Waals surface area contributed by atoms with Gasteiger partial charge in [-0.15, -0.1) is 11.8 Å². The molecule has 0 aromatic rings. The summed E-state index contributed by atoms with van der Waals surface area (Å²) in [6, 6.07) is 0. The lowest BCUT2D eigenvalue weighted by atomic mass is 10.2. The summed E-state index contributed by atoms with van der Waals surface area (Å²) in [5.41, 5.74) is 0. The number of methoxy groups -OCH3 is 1. The van der Waals surface area contributed by atoms with E-state index in [9.17, 15) is 4.79 Å². The van der Waals surface area contributed by atoms with Gasteiger partial charge in [-0.3, -0.25) is 4.79 Å². The average Bonchev–Trinajstić information content (AvgIpc) is 2.05. The summed E-state index contributed by atoms with van der Waals surface area (Å²) in [6.45, 7) is 0. The van der Waals surface area contributed by atoms with Gasteiger partial charge in [-0.05, 0) is 18.6 Å². The summed E-state index contributed by atoms with van der Waals surface area (Å²) in [7, 11) is 1.46. The molecule has 2 nitrogen and oxygen atoms in total. The first-order chi connectivity index (χ1) is 4.84. The summed E-state index contributed by atoms with van der Waals surface area (Å²) in [4.78, 5) is 10.9. The number of rotatable bonds is 1. The van der Waals surface area contributed by atoms with Gasteiger partial charge in [0.1, 0.15) is 5.25 Å². The number of hydrogen-bond donors (Lipinski definition) is 0. The molecular weight excluding hydrogens is 148 g/mol. The molecule has 1 heterocycles. The largest absolute Gasteiger partial charge is 0.468 e. The Morgan fingerprint density at radius 1 is 1.60 bits per heavy atom. The van der Waals surface area contributed by atoms with Gasteiger partial charge in [-0.25, -0.2) is 0 Å². The summed E-state index contributed by atoms with van der Waals surface area (Å²) < 4.78 is 4.63. The minimum absolute atomic E-state index is 0.0512. The molecule has 1 saturated heterocycles. The highest BCUT2D eigenvalue weighted by atomic mass is 32.2. The minimum Gasteiger partial charge on any atom is -0.468 e. The third-order valence-corrected chi connectivity index (χ3v) is 3.00. The van der Waals surface area contributed by atoms with Crippen LogP contribution in [-0.2, 0) is 9.53 Å². The van der Waals surface area contributed by atoms with Gasteiger partial charge in [0.05, 0.1) is 7.11 Å². The maximum atomic E-state index is 10.9. The first kappa shape index (κ1) is 7.92. The van der Waals surface area contributed by atoms with Crippen molar-refractivity contribution in [3.05, 3.63) is 0 Å². The van der Waals surface area contributed by atoms with E-state index in [0.717, 1.165) is 12.2 Å². The van der Waals surface area contributed by atoms with E-state index in [0.29, 0.717) is 0 Å². The van der Waals surface area contributed by atoms with E-state index in [-0.39, 0.29) is 11.2 Å². The van der Waals surface area contributed by atoms with Crippen LogP contribution in [0.15, 0.2) is 0 Å². The first-order valence-electron chi connectivity index (χ1n) is 3.54. The molecule has 0 N–H and O–H groups in total. The van der Waals surface area contributed by atoms with Gasteiger partial charge < -0.3 is 4.74 Å². The lowest BCUT2D eigenvalue weighted by molar-refractivity contribution is -0.140. The molecule has 1 aliphatic rings. The Kier molecular flexibility index (Phi) is 3.06. The van der Waals surface area contributed by atoms with Crippen molar-refractivity contribution in [1.82, 2.24) is 0 Å². The Morgan fingerprint density at radius 2 is 2.40 bits per heavy atom. The van der Waals surface area contributed by atoms with Crippen molar-refractivity contribution in [1.29, 1.82) is 0 Å². The molecule has 1 fully saturated rings. The van der Waals surface area contributed by atoms with Crippen LogP contribution in [0.3, 0.4) is 0 Å². The topological polar surface area (TPSA) is 26.3 Å². The maximum Gasteiger partial charge on any atom is 0.318 e. The highest BCUT2D eigenvalue weighted by molar-refractivity contribution is 8.00. The van der Waals surface area contributed by atoms with Crippen LogP contribution in [0.25, 0.3) is 0 Å². The number of thioether (sulfide) groups is 1. The van der Waals surface area contributed by atoms with E-state index in [2.05, 4.69) is 4.74 Å². The SMILES string of the molecule is COC(=O)[C@H]1CCCCS1. The van der Waals surface area contributed by atoms with Gasteiger partial charge in [-0.1, -0.05) is 6.42 Å². The molecule has 58 valence electrons. The summed E-state index contributed by atoms with van der Waals surface area (Å²) >= 11 is 1.72. The minimum atomic E-state index is -0.0512. The number of hydrogen-bond acceptors (Lipinski definition) is 3. The molecule has 0 saturated carbocycles. The van der Waals surface area contributed by atoms with Gasteiger partial charge in [-0.2, -0.15) is 0 Å². The average molecular weight is 160 g/mol. The number of esters is 1. The second-order valence-corrected chi connectivity index (χ2v) is 3.69. The normalized spacial score (nSPS) is 25.9. The molecule has 10 heavy (non-hydrogen) atoms. The van der Waals surface area contributed by atoms with Crippen molar-refractivity contribution in [3.8, 4) is 0 Å². The molecule has 0 aromatic heterocycles. The molecule has 1 rings (SSSR count). The molecule has 0 bridgehead atoms. The second kappa shape index (κ2) is 3.86. The van der Waals surface area contributed by atoms with Crippen LogP contribution in [0, 0.1) is 0 Å². The molecule has 0 unspecified atom stereocenters. The number of carbonyl (C=O) groups is 1. The predicted molar refractivity (Wildman–Crippen MR) is 42.1 cm³/mol. The van der Waals surface area contributed by atoms with Crippen molar-refractivity contribution in [3.63, 3.8) is 0 Å². The lowest BCUT2D eigenvalue weighted by Crippen LogP contribution is -2.21. The van der Waals surface area contributed by atoms with E-state index in [1.54, 1.807) is 11.8 Å². The highest BCUT2D eigenvalue weighted by Gasteiger charge is 2.21. The van der Waals surface area contributed by atoms with E-state index in [1.807, 2.05) is 0 Å². The zero-order valence-corrected chi connectivity index (χ0v) is 6.95. The molecule has 0 spiro atoms. The van der Waals surface area contributed by atoms with Gasteiger partial charge in [0.25, 0.3) is 0 Å². The van der Waals surface area contributed by atoms with Crippen LogP contribution < -0.4 is 0 Å². The Morgan fingerprint density at radius 3 is 2.90 bits per heavy atom. The maximum absolute atomic E-state index is 10.9. The Bertz CT molecular complexity index is 119. The Balaban J connectivity index is 2.31. The number of ether oxygens (including phenoxy) is 1. The fourth-order valence-corrected chi connectivity index (χ4v) is 2.28. The van der Waals surface area contributed by atoms with Crippen LogP contribution in [0.1, 0.15) is 19.3 Å². The quantitative estimate of drug-likeness (QED) is 0.543. The Labute approximate surface area is 65.3 Å². The van der Waals surface area contributed by atoms with Crippen molar-refractivity contribution in [2.75, 3.05) is 12.9 Å². The fraction of sp³-hybridized carbons (Fsp3) is 0.857. The van der Waals surface area contributed by atoms with Crippen molar-refractivity contribution >= 4 is 17.7 Å². The van der Waals surface area contributed by atoms with E-state index in [1.165, 1.54) is 20.0 Å². The van der Waals surface area contributed by atoms with Crippen molar-refractivity contribution in [2.45, 2.75) is 24.5 Å². The smallest absolute Gasteiger partial charge is 0.318 e. The van der Waals surface area contributed by atoms with Gasteiger partial charge in [0.2, 0.25) is 0 Å². The fourth-order valence-electron chi connectivity index (χ4n) is 1.06. The zero-order chi connectivity index (χ0) is 7.40. The monoisotopic (exact) mass is 160 g/mol. The summed E-state index contributed by atoms with van der Waals surface area (Å²) in [5.74, 6) is 1.06. The van der Waals surface area contributed by atoms with E-state index < -0.39 is 0 Å². The first-order valence-corrected chi connectivity index (χ1v) is 4.59. The molecule has 1 aliphatic heterocycles. The van der Waals surface area contributed by atoms with Gasteiger partial charge >= 0.3 is 5.97 Å². The number of carbonyl (C=O) groups excluding carboxylic acids is 1. The highest BCUT2D eigenvalue weighted by Crippen LogP contribution is 2.25. The third-order valence-electron chi connectivity index (χ3n) is 1.64. The summed E-state index contributed by atoms with van der Waals surface area (Å²) in [6.07, 6.45) is 3.42. The van der Waals surface area contributed by atoms with E-state index in [4.69, 9.17) is 0 Å². The van der Waals surface area contributed by atoms with E-state index >= 15 is 0 Å². The van der Waals surface area contributed by atoms with Crippen LogP contribution in [-0.4, -0.2) is 24.1 Å². The van der Waals surface area contributed by atoms with Crippen LogP contribution in [0.5, 0.6) is 0 Å². The van der Waals surface area contributed by atoms with Gasteiger partial charge in [0.15, 0.2) is 0 Å². The molecule has 3 heteroatoms. The molecule has 1 atom stereocenters. The molecule has 0 aromatic carbocycles. The van der Waals surface area contributed by atoms with Crippen LogP contribution >= 0.6 is 11.8 Å². The van der Waals surface area contributed by atoms with Crippen molar-refractivity contribution < 1.29 is 9.53 Å². The molecule has 0 amide bonds. The van der Waals surface area contributed by atoms with Crippen LogP contribution in [0.4, 0.5) is 0 Å². The molecule has 0 radical (unpaired) electrons. The van der Waals surface area contributed by atoms with Crippen molar-refractivity contribution in [2.24, 2.45) is 0 Å². The molecular formula is C7H12O2S. The van der Waals surface area contributed by atoms with Gasteiger partial charge in [0, 0.05) is 0 Å². The Hall–Kier alpha value is -0.180. The zero-order valence-electron chi connectivity index (χ0n) is 6.13. The summed E-state index contributed by atoms with van der Waals surface area (Å²) in [5, 5.41) is 0.124. The predicted octanol–water partition coefficient (Wildman–Crippen LogP) is 1.45. The lowest BCUT2D eigenvalue weighted by Gasteiger charge is -2.18. The second-order valence-electron chi connectivity index (χ2n) is 2.38. The standard InChI is InChI=1S/C7H12O2S/c1-9-7(8)6-4-2-3-5-10-6/h6H,2-5H2,1H3/t6-/m1/s1. The molecule has 0 aliphatic carbocycles.